The highest BCUT2D eigenvalue weighted by molar-refractivity contribution is 7.99. The van der Waals surface area contributed by atoms with Gasteiger partial charge in [0.15, 0.2) is 6.61 Å². The molecule has 0 saturated heterocycles. The van der Waals surface area contributed by atoms with Crippen LogP contribution in [0.1, 0.15) is 56.9 Å². The van der Waals surface area contributed by atoms with Gasteiger partial charge in [-0.2, -0.15) is 0 Å². The minimum absolute atomic E-state index is 0.0624. The average Bonchev–Trinajstić information content (AvgIpc) is 3.10. The molecule has 0 atom stereocenters. The van der Waals surface area contributed by atoms with Gasteiger partial charge in [0, 0.05) is 17.9 Å². The predicted octanol–water partition coefficient (Wildman–Crippen LogP) is 4.60. The van der Waals surface area contributed by atoms with Crippen molar-refractivity contribution in [2.75, 3.05) is 11.1 Å². The number of thioether (sulfide) groups is 1. The van der Waals surface area contributed by atoms with E-state index in [9.17, 15) is 4.79 Å². The highest BCUT2D eigenvalue weighted by Gasteiger charge is 2.15. The number of ether oxygens (including phenoxy) is 1. The lowest BCUT2D eigenvalue weighted by molar-refractivity contribution is -0.116. The molecule has 0 unspecified atom stereocenters. The number of unbranched alkanes of at least 4 members (excludes halogenated alkanes) is 4. The van der Waals surface area contributed by atoms with Gasteiger partial charge in [-0.05, 0) is 36.6 Å². The number of aryl methyl sites for hydroxylation is 1. The SMILES string of the molecule is CCCCCCCSc1nnc(COc2ccc3c(c2)CCC(=O)N3)o1. The molecule has 0 radical (unpaired) electrons. The Morgan fingerprint density at radius 3 is 2.96 bits per heavy atom. The monoisotopic (exact) mass is 375 g/mol. The summed E-state index contributed by atoms with van der Waals surface area (Å²) in [5.74, 6) is 2.28. The first kappa shape index (κ1) is 18.8. The van der Waals surface area contributed by atoms with Crippen LogP contribution >= 0.6 is 11.8 Å². The molecule has 1 aromatic heterocycles. The second kappa shape index (κ2) is 9.62. The van der Waals surface area contributed by atoms with Gasteiger partial charge in [-0.25, -0.2) is 0 Å². The summed E-state index contributed by atoms with van der Waals surface area (Å²) < 4.78 is 11.4. The van der Waals surface area contributed by atoms with Crippen molar-refractivity contribution in [3.05, 3.63) is 29.7 Å². The minimum Gasteiger partial charge on any atom is -0.484 e. The van der Waals surface area contributed by atoms with Gasteiger partial charge in [0.1, 0.15) is 5.75 Å². The molecule has 2 aromatic rings. The molecule has 1 aliphatic heterocycles. The molecule has 140 valence electrons. The van der Waals surface area contributed by atoms with E-state index in [1.807, 2.05) is 18.2 Å². The van der Waals surface area contributed by atoms with Crippen LogP contribution in [0, 0.1) is 0 Å². The fourth-order valence-electron chi connectivity index (χ4n) is 2.81. The maximum atomic E-state index is 11.4. The summed E-state index contributed by atoms with van der Waals surface area (Å²) in [6.07, 6.45) is 7.54. The Balaban J connectivity index is 1.43. The lowest BCUT2D eigenvalue weighted by atomic mass is 10.0. The average molecular weight is 375 g/mol. The molecule has 0 aliphatic carbocycles. The number of carbonyl (C=O) groups excluding carboxylic acids is 1. The summed E-state index contributed by atoms with van der Waals surface area (Å²) >= 11 is 1.60. The van der Waals surface area contributed by atoms with E-state index in [2.05, 4.69) is 22.4 Å². The lowest BCUT2D eigenvalue weighted by Crippen LogP contribution is -2.18. The molecule has 0 fully saturated rings. The number of amides is 1. The van der Waals surface area contributed by atoms with E-state index in [1.54, 1.807) is 11.8 Å². The summed E-state index contributed by atoms with van der Waals surface area (Å²) in [5.41, 5.74) is 1.95. The van der Waals surface area contributed by atoms with E-state index >= 15 is 0 Å². The first-order valence-electron chi connectivity index (χ1n) is 9.25. The Kier molecular flexibility index (Phi) is 6.94. The summed E-state index contributed by atoms with van der Waals surface area (Å²) in [6.45, 7) is 2.47. The van der Waals surface area contributed by atoms with Crippen LogP contribution < -0.4 is 10.1 Å². The Bertz CT molecular complexity index is 733. The topological polar surface area (TPSA) is 77.2 Å². The van der Waals surface area contributed by atoms with Gasteiger partial charge in [0.2, 0.25) is 5.91 Å². The molecule has 1 amide bonds. The molecule has 1 aromatic carbocycles. The molecular weight excluding hydrogens is 350 g/mol. The van der Waals surface area contributed by atoms with Gasteiger partial charge in [0.05, 0.1) is 0 Å². The van der Waals surface area contributed by atoms with E-state index in [0.29, 0.717) is 17.5 Å². The van der Waals surface area contributed by atoms with Crippen molar-refractivity contribution in [3.63, 3.8) is 0 Å². The second-order valence-corrected chi connectivity index (χ2v) is 7.43. The summed E-state index contributed by atoms with van der Waals surface area (Å²) in [7, 11) is 0. The van der Waals surface area contributed by atoms with E-state index in [-0.39, 0.29) is 12.5 Å². The van der Waals surface area contributed by atoms with Crippen LogP contribution in [-0.4, -0.2) is 21.9 Å². The molecule has 0 saturated carbocycles. The number of carbonyl (C=O) groups is 1. The van der Waals surface area contributed by atoms with Crippen LogP contribution in [0.5, 0.6) is 5.75 Å². The van der Waals surface area contributed by atoms with Crippen molar-refractivity contribution in [2.45, 2.75) is 63.7 Å². The van der Waals surface area contributed by atoms with Crippen LogP contribution in [0.15, 0.2) is 27.8 Å². The third kappa shape index (κ3) is 5.49. The number of aromatic nitrogens is 2. The van der Waals surface area contributed by atoms with Crippen molar-refractivity contribution in [1.82, 2.24) is 10.2 Å². The molecule has 26 heavy (non-hydrogen) atoms. The lowest BCUT2D eigenvalue weighted by Gasteiger charge is -2.17. The van der Waals surface area contributed by atoms with Gasteiger partial charge < -0.3 is 14.5 Å². The molecule has 6 nitrogen and oxygen atoms in total. The Labute approximate surface area is 158 Å². The Morgan fingerprint density at radius 1 is 1.19 bits per heavy atom. The first-order chi connectivity index (χ1) is 12.7. The maximum absolute atomic E-state index is 11.4. The third-order valence-electron chi connectivity index (χ3n) is 4.26. The third-order valence-corrected chi connectivity index (χ3v) is 5.16. The van der Waals surface area contributed by atoms with E-state index in [4.69, 9.17) is 9.15 Å². The van der Waals surface area contributed by atoms with Crippen LogP contribution in [0.2, 0.25) is 0 Å². The molecule has 0 spiro atoms. The zero-order chi connectivity index (χ0) is 18.2. The zero-order valence-electron chi connectivity index (χ0n) is 15.1. The quantitative estimate of drug-likeness (QED) is 0.483. The van der Waals surface area contributed by atoms with Crippen LogP contribution in [0.4, 0.5) is 5.69 Å². The number of nitrogens with one attached hydrogen (secondary N) is 1. The molecule has 7 heteroatoms. The standard InChI is InChI=1S/C19H25N3O3S/c1-2-3-4-5-6-11-26-19-22-21-18(25-19)13-24-15-8-9-16-14(12-15)7-10-17(23)20-16/h8-9,12H,2-7,10-11,13H2,1H3,(H,20,23). The number of hydrogen-bond acceptors (Lipinski definition) is 6. The molecule has 1 N–H and O–H groups in total. The number of nitrogens with zero attached hydrogens (tertiary/aromatic N) is 2. The molecule has 1 aliphatic rings. The molecule has 0 bridgehead atoms. The molecule has 2 heterocycles. The highest BCUT2D eigenvalue weighted by Crippen LogP contribution is 2.27. The van der Waals surface area contributed by atoms with Crippen molar-refractivity contribution in [1.29, 1.82) is 0 Å². The van der Waals surface area contributed by atoms with Crippen molar-refractivity contribution < 1.29 is 13.9 Å². The number of anilines is 1. The minimum atomic E-state index is 0.0624. The first-order valence-corrected chi connectivity index (χ1v) is 10.2. The Morgan fingerprint density at radius 2 is 2.08 bits per heavy atom. The van der Waals surface area contributed by atoms with Gasteiger partial charge in [-0.1, -0.05) is 44.4 Å². The highest BCUT2D eigenvalue weighted by atomic mass is 32.2. The fourth-order valence-corrected chi connectivity index (χ4v) is 3.59. The predicted molar refractivity (Wildman–Crippen MR) is 102 cm³/mol. The van der Waals surface area contributed by atoms with Crippen molar-refractivity contribution in [2.24, 2.45) is 0 Å². The Hall–Kier alpha value is -2.02. The number of hydrogen-bond donors (Lipinski definition) is 1. The normalized spacial score (nSPS) is 13.3. The smallest absolute Gasteiger partial charge is 0.276 e. The zero-order valence-corrected chi connectivity index (χ0v) is 15.9. The van der Waals surface area contributed by atoms with Gasteiger partial charge >= 0.3 is 0 Å². The summed E-state index contributed by atoms with van der Waals surface area (Å²) in [4.78, 5) is 11.4. The van der Waals surface area contributed by atoms with E-state index in [1.165, 1.54) is 32.1 Å². The van der Waals surface area contributed by atoms with E-state index < -0.39 is 0 Å². The van der Waals surface area contributed by atoms with Crippen molar-refractivity contribution in [3.8, 4) is 5.75 Å². The maximum Gasteiger partial charge on any atom is 0.276 e. The van der Waals surface area contributed by atoms with Gasteiger partial charge in [0.25, 0.3) is 11.1 Å². The number of rotatable bonds is 10. The molecule has 3 rings (SSSR count). The fraction of sp³-hybridized carbons (Fsp3) is 0.526. The van der Waals surface area contributed by atoms with Crippen molar-refractivity contribution >= 4 is 23.4 Å². The van der Waals surface area contributed by atoms with Gasteiger partial charge in [-0.3, -0.25) is 4.79 Å². The largest absolute Gasteiger partial charge is 0.484 e. The van der Waals surface area contributed by atoms with Crippen LogP contribution in [0.25, 0.3) is 0 Å². The van der Waals surface area contributed by atoms with Gasteiger partial charge in [-0.15, -0.1) is 10.2 Å². The number of fused-ring (bicyclic) bond motifs is 1. The summed E-state index contributed by atoms with van der Waals surface area (Å²) in [5, 5.41) is 11.6. The molecular formula is C19H25N3O3S. The van der Waals surface area contributed by atoms with Crippen LogP contribution in [-0.2, 0) is 17.8 Å². The second-order valence-electron chi connectivity index (χ2n) is 6.38. The van der Waals surface area contributed by atoms with E-state index in [0.717, 1.165) is 29.2 Å². The summed E-state index contributed by atoms with van der Waals surface area (Å²) in [6, 6.07) is 5.67. The van der Waals surface area contributed by atoms with Crippen LogP contribution in [0.3, 0.4) is 0 Å². The number of benzene rings is 1.